The van der Waals surface area contributed by atoms with E-state index in [1.54, 1.807) is 6.08 Å². The second-order valence-corrected chi connectivity index (χ2v) is 2.88. The van der Waals surface area contributed by atoms with Crippen molar-refractivity contribution in [3.63, 3.8) is 0 Å². The topological polar surface area (TPSA) is 43.4 Å². The number of aldehydes is 1. The molecule has 1 aliphatic rings. The van der Waals surface area contributed by atoms with Gasteiger partial charge < -0.3 is 9.53 Å². The van der Waals surface area contributed by atoms with Gasteiger partial charge >= 0.3 is 5.97 Å². The highest BCUT2D eigenvalue weighted by atomic mass is 16.5. The molecule has 0 bridgehead atoms. The zero-order valence-electron chi connectivity index (χ0n) is 7.03. The van der Waals surface area contributed by atoms with E-state index in [9.17, 15) is 9.59 Å². The summed E-state index contributed by atoms with van der Waals surface area (Å²) in [4.78, 5) is 21.1. The minimum absolute atomic E-state index is 0.154. The van der Waals surface area contributed by atoms with Crippen molar-refractivity contribution in [1.29, 1.82) is 0 Å². The van der Waals surface area contributed by atoms with Crippen LogP contribution in [0.25, 0.3) is 0 Å². The molecule has 0 saturated carbocycles. The van der Waals surface area contributed by atoms with Crippen molar-refractivity contribution < 1.29 is 14.3 Å². The van der Waals surface area contributed by atoms with Crippen LogP contribution in [0.15, 0.2) is 12.2 Å². The van der Waals surface area contributed by atoms with Crippen LogP contribution in [0.1, 0.15) is 19.8 Å². The fraction of sp³-hybridized carbons (Fsp3) is 0.556. The SMILES string of the molecule is CC(=O)OC1C=CCCC1C=O. The van der Waals surface area contributed by atoms with Crippen molar-refractivity contribution in [2.75, 3.05) is 0 Å². The Morgan fingerprint density at radius 1 is 1.67 bits per heavy atom. The molecule has 2 atom stereocenters. The van der Waals surface area contributed by atoms with Crippen molar-refractivity contribution in [3.8, 4) is 0 Å². The summed E-state index contributed by atoms with van der Waals surface area (Å²) in [7, 11) is 0. The molecule has 0 saturated heterocycles. The molecule has 0 fully saturated rings. The molecule has 3 nitrogen and oxygen atoms in total. The number of esters is 1. The van der Waals surface area contributed by atoms with E-state index >= 15 is 0 Å². The molecule has 0 aromatic carbocycles. The maximum atomic E-state index is 10.6. The third-order valence-corrected chi connectivity index (χ3v) is 1.89. The van der Waals surface area contributed by atoms with Gasteiger partial charge in [-0.2, -0.15) is 0 Å². The van der Waals surface area contributed by atoms with Crippen LogP contribution >= 0.6 is 0 Å². The van der Waals surface area contributed by atoms with Gasteiger partial charge in [-0.05, 0) is 18.9 Å². The number of ether oxygens (including phenoxy) is 1. The standard InChI is InChI=1S/C9H12O3/c1-7(11)12-9-5-3-2-4-8(9)6-10/h3,5-6,8-9H,2,4H2,1H3. The average Bonchev–Trinajstić information content (AvgIpc) is 2.04. The minimum Gasteiger partial charge on any atom is -0.458 e. The highest BCUT2D eigenvalue weighted by Gasteiger charge is 2.23. The van der Waals surface area contributed by atoms with E-state index in [0.29, 0.717) is 0 Å². The van der Waals surface area contributed by atoms with Crippen LogP contribution in [0.3, 0.4) is 0 Å². The normalized spacial score (nSPS) is 28.1. The van der Waals surface area contributed by atoms with E-state index in [-0.39, 0.29) is 18.0 Å². The molecule has 0 heterocycles. The molecule has 0 spiro atoms. The number of carbonyl (C=O) groups excluding carboxylic acids is 2. The molecule has 0 amide bonds. The van der Waals surface area contributed by atoms with Crippen LogP contribution < -0.4 is 0 Å². The first-order valence-corrected chi connectivity index (χ1v) is 4.03. The van der Waals surface area contributed by atoms with Gasteiger partial charge in [0.2, 0.25) is 0 Å². The van der Waals surface area contributed by atoms with Gasteiger partial charge in [0.25, 0.3) is 0 Å². The number of hydrogen-bond acceptors (Lipinski definition) is 3. The van der Waals surface area contributed by atoms with Crippen molar-refractivity contribution in [3.05, 3.63) is 12.2 Å². The van der Waals surface area contributed by atoms with Crippen LogP contribution in [0.5, 0.6) is 0 Å². The van der Waals surface area contributed by atoms with Gasteiger partial charge in [0.05, 0.1) is 5.92 Å². The van der Waals surface area contributed by atoms with E-state index in [1.807, 2.05) is 6.08 Å². The van der Waals surface area contributed by atoms with Gasteiger partial charge in [-0.1, -0.05) is 6.08 Å². The molecule has 0 radical (unpaired) electrons. The summed E-state index contributed by atoms with van der Waals surface area (Å²) in [5, 5.41) is 0. The van der Waals surface area contributed by atoms with Crippen LogP contribution in [0.2, 0.25) is 0 Å². The molecule has 12 heavy (non-hydrogen) atoms. The maximum Gasteiger partial charge on any atom is 0.303 e. The van der Waals surface area contributed by atoms with Gasteiger partial charge in [0.1, 0.15) is 12.4 Å². The summed E-state index contributed by atoms with van der Waals surface area (Å²) < 4.78 is 4.94. The number of allylic oxidation sites excluding steroid dienone is 1. The van der Waals surface area contributed by atoms with Gasteiger partial charge in [-0.15, -0.1) is 0 Å². The minimum atomic E-state index is -0.339. The van der Waals surface area contributed by atoms with Crippen molar-refractivity contribution in [2.45, 2.75) is 25.9 Å². The van der Waals surface area contributed by atoms with Gasteiger partial charge in [0, 0.05) is 6.92 Å². The van der Waals surface area contributed by atoms with E-state index < -0.39 is 0 Å². The first-order valence-electron chi connectivity index (χ1n) is 4.03. The van der Waals surface area contributed by atoms with Crippen molar-refractivity contribution in [2.24, 2.45) is 5.92 Å². The maximum absolute atomic E-state index is 10.6. The fourth-order valence-electron chi connectivity index (χ4n) is 1.29. The van der Waals surface area contributed by atoms with Gasteiger partial charge in [-0.3, -0.25) is 4.79 Å². The average molecular weight is 168 g/mol. The third kappa shape index (κ3) is 2.19. The lowest BCUT2D eigenvalue weighted by Crippen LogP contribution is -2.27. The molecular formula is C9H12O3. The fourth-order valence-corrected chi connectivity index (χ4v) is 1.29. The zero-order valence-corrected chi connectivity index (χ0v) is 7.03. The Morgan fingerprint density at radius 2 is 2.42 bits per heavy atom. The molecule has 1 aliphatic carbocycles. The molecule has 1 rings (SSSR count). The summed E-state index contributed by atoms with van der Waals surface area (Å²) in [6.45, 7) is 1.35. The Balaban J connectivity index is 2.57. The van der Waals surface area contributed by atoms with Gasteiger partial charge in [-0.25, -0.2) is 0 Å². The summed E-state index contributed by atoms with van der Waals surface area (Å²) in [5.74, 6) is -0.489. The molecule has 66 valence electrons. The quantitative estimate of drug-likeness (QED) is 0.352. The van der Waals surface area contributed by atoms with E-state index in [1.165, 1.54) is 6.92 Å². The molecule has 0 aromatic heterocycles. The first-order chi connectivity index (χ1) is 5.74. The second kappa shape index (κ2) is 4.04. The second-order valence-electron chi connectivity index (χ2n) is 2.88. The molecule has 2 unspecified atom stereocenters. The van der Waals surface area contributed by atoms with Crippen LogP contribution in [-0.4, -0.2) is 18.4 Å². The van der Waals surface area contributed by atoms with E-state index in [0.717, 1.165) is 19.1 Å². The lowest BCUT2D eigenvalue weighted by atomic mass is 9.93. The molecular weight excluding hydrogens is 156 g/mol. The lowest BCUT2D eigenvalue weighted by molar-refractivity contribution is -0.147. The predicted octanol–water partition coefficient (Wildman–Crippen LogP) is 1.08. The number of carbonyl (C=O) groups is 2. The highest BCUT2D eigenvalue weighted by Crippen LogP contribution is 2.19. The zero-order chi connectivity index (χ0) is 8.97. The molecule has 0 N–H and O–H groups in total. The highest BCUT2D eigenvalue weighted by molar-refractivity contribution is 5.67. The molecule has 0 aromatic rings. The van der Waals surface area contributed by atoms with Gasteiger partial charge in [0.15, 0.2) is 0 Å². The Hall–Kier alpha value is -1.12. The summed E-state index contributed by atoms with van der Waals surface area (Å²) in [5.41, 5.74) is 0. The smallest absolute Gasteiger partial charge is 0.303 e. The number of rotatable bonds is 2. The first kappa shape index (κ1) is 8.97. The van der Waals surface area contributed by atoms with E-state index in [4.69, 9.17) is 4.74 Å². The summed E-state index contributed by atoms with van der Waals surface area (Å²) in [6.07, 6.45) is 5.90. The Kier molecular flexibility index (Phi) is 3.02. The molecule has 3 heteroatoms. The predicted molar refractivity (Wildman–Crippen MR) is 43.5 cm³/mol. The lowest BCUT2D eigenvalue weighted by Gasteiger charge is -2.22. The van der Waals surface area contributed by atoms with E-state index in [2.05, 4.69) is 0 Å². The Morgan fingerprint density at radius 3 is 3.00 bits per heavy atom. The van der Waals surface area contributed by atoms with Crippen molar-refractivity contribution in [1.82, 2.24) is 0 Å². The Labute approximate surface area is 71.4 Å². The van der Waals surface area contributed by atoms with Crippen LogP contribution in [-0.2, 0) is 14.3 Å². The summed E-state index contributed by atoms with van der Waals surface area (Å²) in [6, 6.07) is 0. The number of hydrogen-bond donors (Lipinski definition) is 0. The van der Waals surface area contributed by atoms with Crippen LogP contribution in [0, 0.1) is 5.92 Å². The van der Waals surface area contributed by atoms with Crippen LogP contribution in [0.4, 0.5) is 0 Å². The van der Waals surface area contributed by atoms with Crippen molar-refractivity contribution >= 4 is 12.3 Å². The monoisotopic (exact) mass is 168 g/mol. The largest absolute Gasteiger partial charge is 0.458 e. The summed E-state index contributed by atoms with van der Waals surface area (Å²) >= 11 is 0. The Bertz CT molecular complexity index is 208. The molecule has 0 aliphatic heterocycles. The third-order valence-electron chi connectivity index (χ3n) is 1.89.